The molecule has 0 atom stereocenters. The number of nitrogens with one attached hydrogen (secondary N) is 1. The van der Waals surface area contributed by atoms with Crippen molar-refractivity contribution in [2.75, 3.05) is 25.0 Å². The van der Waals surface area contributed by atoms with Crippen LogP contribution in [-0.2, 0) is 9.59 Å². The van der Waals surface area contributed by atoms with E-state index in [1.54, 1.807) is 0 Å². The van der Waals surface area contributed by atoms with Crippen LogP contribution in [0.3, 0.4) is 0 Å². The van der Waals surface area contributed by atoms with E-state index in [2.05, 4.69) is 11.9 Å². The number of aliphatic carboxylic acids is 1. The van der Waals surface area contributed by atoms with Crippen molar-refractivity contribution in [2.45, 2.75) is 0 Å². The highest BCUT2D eigenvalue weighted by Gasteiger charge is 2.17. The van der Waals surface area contributed by atoms with Gasteiger partial charge in [-0.3, -0.25) is 14.5 Å². The Kier molecular flexibility index (Phi) is 5.92. The maximum Gasteiger partial charge on any atom is 0.317 e. The second-order valence-electron chi connectivity index (χ2n) is 4.12. The van der Waals surface area contributed by atoms with Crippen molar-refractivity contribution in [3.05, 3.63) is 42.2 Å². The van der Waals surface area contributed by atoms with E-state index < -0.39 is 41.6 Å². The van der Waals surface area contributed by atoms with Gasteiger partial charge in [-0.25, -0.2) is 13.2 Å². The topological polar surface area (TPSA) is 69.6 Å². The number of carbonyl (C=O) groups is 2. The van der Waals surface area contributed by atoms with Gasteiger partial charge in [-0.15, -0.1) is 6.58 Å². The first-order valence-corrected chi connectivity index (χ1v) is 5.83. The number of carbonyl (C=O) groups excluding carboxylic acids is 1. The predicted octanol–water partition coefficient (Wildman–Crippen LogP) is 1.61. The van der Waals surface area contributed by atoms with Gasteiger partial charge in [0.2, 0.25) is 5.91 Å². The van der Waals surface area contributed by atoms with E-state index in [-0.39, 0.29) is 13.1 Å². The highest BCUT2D eigenvalue weighted by atomic mass is 19.2. The zero-order valence-electron chi connectivity index (χ0n) is 10.9. The van der Waals surface area contributed by atoms with Gasteiger partial charge in [0.15, 0.2) is 17.5 Å². The zero-order valence-corrected chi connectivity index (χ0v) is 10.9. The maximum absolute atomic E-state index is 13.4. The fourth-order valence-corrected chi connectivity index (χ4v) is 1.57. The van der Waals surface area contributed by atoms with Gasteiger partial charge in [-0.05, 0) is 12.1 Å². The quantitative estimate of drug-likeness (QED) is 0.593. The van der Waals surface area contributed by atoms with E-state index in [1.165, 1.54) is 11.0 Å². The molecule has 0 spiro atoms. The van der Waals surface area contributed by atoms with Crippen molar-refractivity contribution >= 4 is 17.6 Å². The molecule has 1 aromatic rings. The van der Waals surface area contributed by atoms with Crippen LogP contribution in [0.5, 0.6) is 0 Å². The third-order valence-electron chi connectivity index (χ3n) is 2.42. The highest BCUT2D eigenvalue weighted by molar-refractivity contribution is 5.92. The first-order chi connectivity index (χ1) is 9.85. The Morgan fingerprint density at radius 2 is 1.90 bits per heavy atom. The van der Waals surface area contributed by atoms with Crippen molar-refractivity contribution < 1.29 is 27.9 Å². The summed E-state index contributed by atoms with van der Waals surface area (Å²) in [5.41, 5.74) is -0.521. The Morgan fingerprint density at radius 3 is 2.48 bits per heavy atom. The lowest BCUT2D eigenvalue weighted by Gasteiger charge is -2.17. The smallest absolute Gasteiger partial charge is 0.317 e. The summed E-state index contributed by atoms with van der Waals surface area (Å²) in [5.74, 6) is -6.49. The Morgan fingerprint density at radius 1 is 1.24 bits per heavy atom. The summed E-state index contributed by atoms with van der Waals surface area (Å²) >= 11 is 0. The van der Waals surface area contributed by atoms with Gasteiger partial charge in [-0.1, -0.05) is 6.08 Å². The SMILES string of the molecule is C=CCN(CC(=O)O)CC(=O)Nc1ccc(F)c(F)c1F. The zero-order chi connectivity index (χ0) is 16.0. The Hall–Kier alpha value is -2.35. The van der Waals surface area contributed by atoms with Crippen LogP contribution >= 0.6 is 0 Å². The van der Waals surface area contributed by atoms with E-state index >= 15 is 0 Å². The van der Waals surface area contributed by atoms with Crippen LogP contribution < -0.4 is 5.32 Å². The molecule has 0 unspecified atom stereocenters. The molecule has 5 nitrogen and oxygen atoms in total. The summed E-state index contributed by atoms with van der Waals surface area (Å²) in [4.78, 5) is 23.5. The summed E-state index contributed by atoms with van der Waals surface area (Å²) in [5, 5.41) is 10.7. The van der Waals surface area contributed by atoms with Crippen molar-refractivity contribution in [3.63, 3.8) is 0 Å². The Balaban J connectivity index is 2.74. The standard InChI is InChI=1S/C13H13F3N2O3/c1-2-5-18(7-11(20)21)6-10(19)17-9-4-3-8(14)12(15)13(9)16/h2-4H,1,5-7H2,(H,17,19)(H,20,21). The third-order valence-corrected chi connectivity index (χ3v) is 2.42. The third kappa shape index (κ3) is 4.92. The first-order valence-electron chi connectivity index (χ1n) is 5.83. The molecule has 2 N–H and O–H groups in total. The summed E-state index contributed by atoms with van der Waals surface area (Å²) in [6.45, 7) is 2.76. The van der Waals surface area contributed by atoms with Gasteiger partial charge in [0.25, 0.3) is 0 Å². The predicted molar refractivity (Wildman–Crippen MR) is 69.2 cm³/mol. The van der Waals surface area contributed by atoms with Gasteiger partial charge >= 0.3 is 5.97 Å². The number of hydrogen-bond acceptors (Lipinski definition) is 3. The molecule has 0 aliphatic heterocycles. The molecule has 1 aromatic carbocycles. The molecule has 0 radical (unpaired) electrons. The molecule has 0 aliphatic rings. The van der Waals surface area contributed by atoms with Crippen LogP contribution in [0.1, 0.15) is 0 Å². The van der Waals surface area contributed by atoms with Crippen molar-refractivity contribution in [3.8, 4) is 0 Å². The van der Waals surface area contributed by atoms with Crippen molar-refractivity contribution in [1.29, 1.82) is 0 Å². The van der Waals surface area contributed by atoms with Crippen molar-refractivity contribution in [1.82, 2.24) is 4.90 Å². The number of carboxylic acid groups (broad SMARTS) is 1. The summed E-state index contributed by atoms with van der Waals surface area (Å²) in [6, 6.07) is 1.55. The van der Waals surface area contributed by atoms with Crippen LogP contribution in [0.4, 0.5) is 18.9 Å². The minimum absolute atomic E-state index is 0.125. The van der Waals surface area contributed by atoms with Gasteiger partial charge < -0.3 is 10.4 Å². The van der Waals surface area contributed by atoms with Gasteiger partial charge in [-0.2, -0.15) is 0 Å². The summed E-state index contributed by atoms with van der Waals surface area (Å²) < 4.78 is 39.1. The number of carboxylic acids is 1. The van der Waals surface area contributed by atoms with E-state index in [0.717, 1.165) is 6.07 Å². The van der Waals surface area contributed by atoms with E-state index in [4.69, 9.17) is 5.11 Å². The molecule has 21 heavy (non-hydrogen) atoms. The molecule has 0 saturated carbocycles. The number of anilines is 1. The molecular formula is C13H13F3N2O3. The number of hydrogen-bond donors (Lipinski definition) is 2. The second-order valence-corrected chi connectivity index (χ2v) is 4.12. The number of benzene rings is 1. The first kappa shape index (κ1) is 16.7. The highest BCUT2D eigenvalue weighted by Crippen LogP contribution is 2.19. The molecular weight excluding hydrogens is 289 g/mol. The largest absolute Gasteiger partial charge is 0.480 e. The maximum atomic E-state index is 13.4. The molecule has 0 aliphatic carbocycles. The minimum Gasteiger partial charge on any atom is -0.480 e. The normalized spacial score (nSPS) is 10.5. The van der Waals surface area contributed by atoms with Crippen LogP contribution in [0.2, 0.25) is 0 Å². The van der Waals surface area contributed by atoms with Crippen molar-refractivity contribution in [2.24, 2.45) is 0 Å². The van der Waals surface area contributed by atoms with Crippen LogP contribution in [0.15, 0.2) is 24.8 Å². The average molecular weight is 302 g/mol. The average Bonchev–Trinajstić information content (AvgIpc) is 2.39. The number of halogens is 3. The van der Waals surface area contributed by atoms with Crippen LogP contribution in [0.25, 0.3) is 0 Å². The summed E-state index contributed by atoms with van der Waals surface area (Å²) in [7, 11) is 0. The van der Waals surface area contributed by atoms with Crippen LogP contribution in [0, 0.1) is 17.5 Å². The molecule has 8 heteroatoms. The molecule has 0 saturated heterocycles. The number of rotatable bonds is 7. The Bertz CT molecular complexity index is 564. The van der Waals surface area contributed by atoms with Gasteiger partial charge in [0, 0.05) is 6.54 Å². The number of amides is 1. The molecule has 0 fully saturated rings. The lowest BCUT2D eigenvalue weighted by Crippen LogP contribution is -2.37. The van der Waals surface area contributed by atoms with E-state index in [1.807, 2.05) is 0 Å². The molecule has 0 aromatic heterocycles. The van der Waals surface area contributed by atoms with Gasteiger partial charge in [0.1, 0.15) is 0 Å². The molecule has 0 bridgehead atoms. The lowest BCUT2D eigenvalue weighted by atomic mass is 10.2. The minimum atomic E-state index is -1.69. The van der Waals surface area contributed by atoms with E-state index in [9.17, 15) is 22.8 Å². The Labute approximate surface area is 118 Å². The van der Waals surface area contributed by atoms with Gasteiger partial charge in [0.05, 0.1) is 18.8 Å². The lowest BCUT2D eigenvalue weighted by molar-refractivity contribution is -0.138. The molecule has 1 rings (SSSR count). The monoisotopic (exact) mass is 302 g/mol. The van der Waals surface area contributed by atoms with Crippen LogP contribution in [-0.4, -0.2) is 41.5 Å². The van der Waals surface area contributed by atoms with E-state index in [0.29, 0.717) is 6.07 Å². The second kappa shape index (κ2) is 7.44. The summed E-state index contributed by atoms with van der Waals surface area (Å²) in [6.07, 6.45) is 1.40. The molecule has 114 valence electrons. The fourth-order valence-electron chi connectivity index (χ4n) is 1.57. The molecule has 1 amide bonds. The molecule has 0 heterocycles. The fraction of sp³-hybridized carbons (Fsp3) is 0.231. The number of nitrogens with zero attached hydrogens (tertiary/aromatic N) is 1.